The van der Waals surface area contributed by atoms with Crippen LogP contribution in [0.2, 0.25) is 0 Å². The summed E-state index contributed by atoms with van der Waals surface area (Å²) in [7, 11) is 1.57. The summed E-state index contributed by atoms with van der Waals surface area (Å²) < 4.78 is 6.84. The topological polar surface area (TPSA) is 136 Å². The van der Waals surface area contributed by atoms with E-state index in [0.717, 1.165) is 16.0 Å². The van der Waals surface area contributed by atoms with Crippen LogP contribution in [0.4, 0.5) is 22.9 Å². The number of phenols is 1. The Morgan fingerprint density at radius 3 is 2.65 bits per heavy atom. The van der Waals surface area contributed by atoms with Crippen LogP contribution >= 0.6 is 11.8 Å². The number of nitrogens with zero attached hydrogens (tertiary/aromatic N) is 3. The van der Waals surface area contributed by atoms with E-state index in [1.54, 1.807) is 53.9 Å². The van der Waals surface area contributed by atoms with Crippen LogP contribution in [0.1, 0.15) is 21.4 Å². The summed E-state index contributed by atoms with van der Waals surface area (Å²) in [5.74, 6) is 0.332. The molecular weight excluding hydrogens is 526 g/mol. The first-order valence-corrected chi connectivity index (χ1v) is 13.2. The summed E-state index contributed by atoms with van der Waals surface area (Å²) in [6, 6.07) is 26.0. The maximum absolute atomic E-state index is 13.2. The first kappa shape index (κ1) is 25.0. The van der Waals surface area contributed by atoms with Crippen molar-refractivity contribution in [2.24, 2.45) is 0 Å². The molecule has 0 radical (unpaired) electrons. The summed E-state index contributed by atoms with van der Waals surface area (Å²) in [6.45, 7) is 0. The number of hydrazine groups is 1. The summed E-state index contributed by atoms with van der Waals surface area (Å²) in [5.41, 5.74) is 8.01. The molecule has 4 aromatic carbocycles. The number of aromatic hydroxyl groups is 1. The molecule has 0 fully saturated rings. The van der Waals surface area contributed by atoms with E-state index in [4.69, 9.17) is 4.74 Å². The molecule has 0 saturated carbocycles. The SMILES string of the molecule is COc1ccc(NC(=O)c2cc3ccccc3c(NNc3c(C#N)cnn3C3Nc4ccccc4S3)c2O)cc1. The third kappa shape index (κ3) is 4.57. The highest BCUT2D eigenvalue weighted by molar-refractivity contribution is 8.00. The van der Waals surface area contributed by atoms with Crippen molar-refractivity contribution in [3.8, 4) is 17.6 Å². The van der Waals surface area contributed by atoms with Gasteiger partial charge in [-0.25, -0.2) is 4.68 Å². The van der Waals surface area contributed by atoms with E-state index < -0.39 is 5.91 Å². The number of hydrogen-bond donors (Lipinski definition) is 5. The van der Waals surface area contributed by atoms with Gasteiger partial charge in [0.25, 0.3) is 5.91 Å². The molecule has 0 aliphatic carbocycles. The summed E-state index contributed by atoms with van der Waals surface area (Å²) >= 11 is 1.57. The zero-order valence-electron chi connectivity index (χ0n) is 21.2. The minimum Gasteiger partial charge on any atom is -0.505 e. The average molecular weight is 550 g/mol. The standard InChI is InChI=1S/C29H23N7O3S/c1-39-20-12-10-19(11-13-20)32-28(38)22-14-17-6-2-3-7-21(17)25(26(22)37)34-35-27-18(15-30)16-31-36(27)29-33-23-8-4-5-9-24(23)40-29/h2-14,16,29,33-35,37H,1H3,(H,32,38). The van der Waals surface area contributed by atoms with Crippen LogP contribution in [0, 0.1) is 11.3 Å². The molecule has 1 aliphatic rings. The first-order valence-electron chi connectivity index (χ1n) is 12.3. The van der Waals surface area contributed by atoms with E-state index in [1.807, 2.05) is 48.5 Å². The lowest BCUT2D eigenvalue weighted by molar-refractivity contribution is 0.102. The van der Waals surface area contributed by atoms with Crippen LogP contribution in [-0.4, -0.2) is 27.9 Å². The lowest BCUT2D eigenvalue weighted by Gasteiger charge is -2.19. The quantitative estimate of drug-likeness (QED) is 0.123. The van der Waals surface area contributed by atoms with Crippen molar-refractivity contribution in [1.29, 1.82) is 5.26 Å². The Balaban J connectivity index is 1.31. The van der Waals surface area contributed by atoms with E-state index in [-0.39, 0.29) is 22.5 Å². The maximum atomic E-state index is 13.2. The molecule has 1 aliphatic heterocycles. The van der Waals surface area contributed by atoms with Gasteiger partial charge in [-0.1, -0.05) is 48.2 Å². The number of amides is 1. The van der Waals surface area contributed by atoms with E-state index >= 15 is 0 Å². The number of benzene rings is 4. The molecule has 10 nitrogen and oxygen atoms in total. The Labute approximate surface area is 233 Å². The van der Waals surface area contributed by atoms with Gasteiger partial charge >= 0.3 is 0 Å². The number of aromatic nitrogens is 2. The third-order valence-electron chi connectivity index (χ3n) is 6.46. The van der Waals surface area contributed by atoms with Gasteiger partial charge in [0, 0.05) is 16.0 Å². The molecular formula is C29H23N7O3S. The van der Waals surface area contributed by atoms with E-state index in [9.17, 15) is 15.2 Å². The summed E-state index contributed by atoms with van der Waals surface area (Å²) in [4.78, 5) is 14.3. The fourth-order valence-corrected chi connectivity index (χ4v) is 5.56. The van der Waals surface area contributed by atoms with Crippen molar-refractivity contribution >= 4 is 51.3 Å². The number of para-hydroxylation sites is 1. The second-order valence-corrected chi connectivity index (χ2v) is 10.00. The molecule has 1 atom stereocenters. The van der Waals surface area contributed by atoms with Crippen LogP contribution in [0.15, 0.2) is 90.0 Å². The monoisotopic (exact) mass is 549 g/mol. The van der Waals surface area contributed by atoms with Gasteiger partial charge < -0.3 is 20.5 Å². The van der Waals surface area contributed by atoms with Crippen molar-refractivity contribution in [3.05, 3.63) is 96.2 Å². The predicted molar refractivity (Wildman–Crippen MR) is 156 cm³/mol. The normalized spacial score (nSPS) is 13.7. The van der Waals surface area contributed by atoms with E-state index in [0.29, 0.717) is 28.2 Å². The number of ether oxygens (including phenoxy) is 1. The van der Waals surface area contributed by atoms with E-state index in [1.165, 1.54) is 6.20 Å². The molecule has 0 bridgehead atoms. The molecule has 1 amide bonds. The van der Waals surface area contributed by atoms with Crippen molar-refractivity contribution in [1.82, 2.24) is 9.78 Å². The van der Waals surface area contributed by atoms with Gasteiger partial charge in [-0.05, 0) is 47.9 Å². The second-order valence-electron chi connectivity index (χ2n) is 8.88. The number of thioether (sulfide) groups is 1. The number of hydrogen-bond acceptors (Lipinski definition) is 9. The summed E-state index contributed by atoms with van der Waals surface area (Å²) in [6.07, 6.45) is 1.48. The van der Waals surface area contributed by atoms with Gasteiger partial charge in [-0.15, -0.1) is 0 Å². The molecule has 5 N–H and O–H groups in total. The Morgan fingerprint density at radius 2 is 1.88 bits per heavy atom. The number of nitrogens with one attached hydrogen (secondary N) is 4. The highest BCUT2D eigenvalue weighted by Gasteiger charge is 2.27. The Kier molecular flexibility index (Phi) is 6.51. The lowest BCUT2D eigenvalue weighted by Crippen LogP contribution is -2.20. The minimum atomic E-state index is -0.483. The lowest BCUT2D eigenvalue weighted by atomic mass is 10.0. The number of phenolic OH excluding ortho intramolecular Hbond substituents is 1. The van der Waals surface area contributed by atoms with Crippen molar-refractivity contribution in [2.45, 2.75) is 10.4 Å². The van der Waals surface area contributed by atoms with Crippen molar-refractivity contribution in [2.75, 3.05) is 28.6 Å². The predicted octanol–water partition coefficient (Wildman–Crippen LogP) is 5.99. The Bertz CT molecular complexity index is 1750. The van der Waals surface area contributed by atoms with Crippen LogP contribution in [-0.2, 0) is 0 Å². The first-order chi connectivity index (χ1) is 19.6. The number of carbonyl (C=O) groups excluding carboxylic acids is 1. The third-order valence-corrected chi connectivity index (χ3v) is 7.61. The van der Waals surface area contributed by atoms with Crippen LogP contribution in [0.3, 0.4) is 0 Å². The largest absolute Gasteiger partial charge is 0.505 e. The fraction of sp³-hybridized carbons (Fsp3) is 0.0690. The molecule has 11 heteroatoms. The number of fused-ring (bicyclic) bond motifs is 2. The van der Waals surface area contributed by atoms with Gasteiger partial charge in [-0.2, -0.15) is 10.4 Å². The highest BCUT2D eigenvalue weighted by atomic mass is 32.2. The van der Waals surface area contributed by atoms with Crippen molar-refractivity contribution in [3.63, 3.8) is 0 Å². The Morgan fingerprint density at radius 1 is 1.10 bits per heavy atom. The van der Waals surface area contributed by atoms with Crippen LogP contribution in [0.5, 0.6) is 11.5 Å². The number of anilines is 4. The highest BCUT2D eigenvalue weighted by Crippen LogP contribution is 2.45. The number of carbonyl (C=O) groups is 1. The van der Waals surface area contributed by atoms with Crippen molar-refractivity contribution < 1.29 is 14.6 Å². The van der Waals surface area contributed by atoms with Gasteiger partial charge in [0.2, 0.25) is 0 Å². The summed E-state index contributed by atoms with van der Waals surface area (Å²) in [5, 5.41) is 33.1. The van der Waals surface area contributed by atoms with Crippen LogP contribution in [0.25, 0.3) is 10.8 Å². The number of nitriles is 1. The average Bonchev–Trinajstić information content (AvgIpc) is 3.60. The molecule has 6 rings (SSSR count). The van der Waals surface area contributed by atoms with Gasteiger partial charge in [0.15, 0.2) is 17.1 Å². The zero-order chi connectivity index (χ0) is 27.6. The fourth-order valence-electron chi connectivity index (χ4n) is 4.46. The number of rotatable bonds is 7. The minimum absolute atomic E-state index is 0.0799. The molecule has 0 spiro atoms. The molecule has 40 heavy (non-hydrogen) atoms. The molecule has 2 heterocycles. The molecule has 1 unspecified atom stereocenters. The molecule has 5 aromatic rings. The molecule has 1 aromatic heterocycles. The molecule has 198 valence electrons. The van der Waals surface area contributed by atoms with Gasteiger partial charge in [-0.3, -0.25) is 15.6 Å². The maximum Gasteiger partial charge on any atom is 0.259 e. The zero-order valence-corrected chi connectivity index (χ0v) is 22.0. The smallest absolute Gasteiger partial charge is 0.259 e. The van der Waals surface area contributed by atoms with Crippen LogP contribution < -0.4 is 26.2 Å². The number of methoxy groups -OCH3 is 1. The molecule has 0 saturated heterocycles. The second kappa shape index (κ2) is 10.4. The Hall–Kier alpha value is -5.34. The van der Waals surface area contributed by atoms with Gasteiger partial charge in [0.05, 0.1) is 24.6 Å². The van der Waals surface area contributed by atoms with Gasteiger partial charge in [0.1, 0.15) is 23.1 Å². The van der Waals surface area contributed by atoms with E-state index in [2.05, 4.69) is 32.7 Å².